The molecule has 0 saturated carbocycles. The molecule has 2 rings (SSSR count). The molecular weight excluding hydrogens is 303 g/mol. The lowest BCUT2D eigenvalue weighted by Crippen LogP contribution is -2.26. The van der Waals surface area contributed by atoms with Crippen molar-refractivity contribution in [2.24, 2.45) is 0 Å². The van der Waals surface area contributed by atoms with Crippen molar-refractivity contribution in [3.8, 4) is 0 Å². The van der Waals surface area contributed by atoms with Crippen LogP contribution in [0, 0.1) is 0 Å². The predicted octanol–water partition coefficient (Wildman–Crippen LogP) is 4.51. The molecule has 1 unspecified atom stereocenters. The molecule has 0 aliphatic carbocycles. The van der Waals surface area contributed by atoms with E-state index in [2.05, 4.69) is 5.32 Å². The molecule has 1 amide bonds. The molecule has 0 aliphatic heterocycles. The fourth-order valence-electron chi connectivity index (χ4n) is 2.16. The largest absolute Gasteiger partial charge is 0.417 e. The SMILES string of the molecule is CC(NC(=O)/C=C(/c1ccccc1)C(F)(F)F)c1ccccc1. The fourth-order valence-corrected chi connectivity index (χ4v) is 2.16. The number of halogens is 3. The molecule has 5 heteroatoms. The summed E-state index contributed by atoms with van der Waals surface area (Å²) >= 11 is 0. The van der Waals surface area contributed by atoms with E-state index in [-0.39, 0.29) is 11.6 Å². The van der Waals surface area contributed by atoms with Gasteiger partial charge in [0.2, 0.25) is 5.91 Å². The Bertz CT molecular complexity index is 678. The van der Waals surface area contributed by atoms with Gasteiger partial charge >= 0.3 is 6.18 Å². The summed E-state index contributed by atoms with van der Waals surface area (Å²) < 4.78 is 39.5. The smallest absolute Gasteiger partial charge is 0.346 e. The first-order valence-corrected chi connectivity index (χ1v) is 7.07. The number of hydrogen-bond donors (Lipinski definition) is 1. The van der Waals surface area contributed by atoms with Crippen LogP contribution < -0.4 is 5.32 Å². The Morgan fingerprint density at radius 1 is 1.00 bits per heavy atom. The Labute approximate surface area is 132 Å². The maximum atomic E-state index is 13.2. The van der Waals surface area contributed by atoms with Gasteiger partial charge in [-0.05, 0) is 18.1 Å². The van der Waals surface area contributed by atoms with Gasteiger partial charge in [0.05, 0.1) is 11.6 Å². The van der Waals surface area contributed by atoms with E-state index in [1.807, 2.05) is 6.07 Å². The highest BCUT2D eigenvalue weighted by Gasteiger charge is 2.35. The van der Waals surface area contributed by atoms with Crippen LogP contribution in [0.1, 0.15) is 24.1 Å². The zero-order chi connectivity index (χ0) is 16.9. The summed E-state index contributed by atoms with van der Waals surface area (Å²) in [6.45, 7) is 1.72. The second kappa shape index (κ2) is 7.13. The van der Waals surface area contributed by atoms with Gasteiger partial charge in [0.1, 0.15) is 0 Å². The summed E-state index contributed by atoms with van der Waals surface area (Å²) in [4.78, 5) is 12.0. The van der Waals surface area contributed by atoms with Crippen LogP contribution in [0.2, 0.25) is 0 Å². The lowest BCUT2D eigenvalue weighted by Gasteiger charge is -2.15. The van der Waals surface area contributed by atoms with E-state index in [4.69, 9.17) is 0 Å². The van der Waals surface area contributed by atoms with Crippen LogP contribution in [0.25, 0.3) is 5.57 Å². The van der Waals surface area contributed by atoms with Crippen molar-refractivity contribution in [3.63, 3.8) is 0 Å². The minimum Gasteiger partial charge on any atom is -0.346 e. The van der Waals surface area contributed by atoms with Crippen molar-refractivity contribution < 1.29 is 18.0 Å². The van der Waals surface area contributed by atoms with Crippen LogP contribution in [0.5, 0.6) is 0 Å². The van der Waals surface area contributed by atoms with Gasteiger partial charge in [0, 0.05) is 6.08 Å². The number of carbonyl (C=O) groups excluding carboxylic acids is 1. The molecule has 2 aromatic rings. The molecule has 0 saturated heterocycles. The number of nitrogens with one attached hydrogen (secondary N) is 1. The highest BCUT2D eigenvalue weighted by Crippen LogP contribution is 2.33. The summed E-state index contributed by atoms with van der Waals surface area (Å²) in [5.41, 5.74) is -0.180. The third kappa shape index (κ3) is 4.71. The van der Waals surface area contributed by atoms with Crippen molar-refractivity contribution in [3.05, 3.63) is 77.9 Å². The summed E-state index contributed by atoms with van der Waals surface area (Å²) in [6.07, 6.45) is -4.00. The van der Waals surface area contributed by atoms with E-state index >= 15 is 0 Å². The van der Waals surface area contributed by atoms with Crippen molar-refractivity contribution in [1.29, 1.82) is 0 Å². The summed E-state index contributed by atoms with van der Waals surface area (Å²) in [6, 6.07) is 15.9. The van der Waals surface area contributed by atoms with Crippen molar-refractivity contribution in [1.82, 2.24) is 5.32 Å². The molecule has 23 heavy (non-hydrogen) atoms. The number of rotatable bonds is 4. The topological polar surface area (TPSA) is 29.1 Å². The average molecular weight is 319 g/mol. The van der Waals surface area contributed by atoms with E-state index in [1.54, 1.807) is 37.3 Å². The first-order valence-electron chi connectivity index (χ1n) is 7.07. The van der Waals surface area contributed by atoms with Crippen LogP contribution in [0.4, 0.5) is 13.2 Å². The number of amides is 1. The molecule has 0 spiro atoms. The first kappa shape index (κ1) is 16.8. The fraction of sp³-hybridized carbons (Fsp3) is 0.167. The van der Waals surface area contributed by atoms with Gasteiger partial charge in [0.15, 0.2) is 0 Å². The van der Waals surface area contributed by atoms with Gasteiger partial charge < -0.3 is 5.32 Å². The molecule has 0 radical (unpaired) electrons. The molecule has 2 nitrogen and oxygen atoms in total. The van der Waals surface area contributed by atoms with Crippen LogP contribution in [0.15, 0.2) is 66.7 Å². The number of alkyl halides is 3. The standard InChI is InChI=1S/C18H16F3NO/c1-13(14-8-4-2-5-9-14)22-17(23)12-16(18(19,20)21)15-10-6-3-7-11-15/h2-13H,1H3,(H,22,23)/b16-12-. The van der Waals surface area contributed by atoms with Crippen molar-refractivity contribution in [2.75, 3.05) is 0 Å². The highest BCUT2D eigenvalue weighted by molar-refractivity contribution is 5.96. The molecule has 1 atom stereocenters. The van der Waals surface area contributed by atoms with E-state index in [0.717, 1.165) is 5.56 Å². The molecule has 120 valence electrons. The third-order valence-corrected chi connectivity index (χ3v) is 3.32. The van der Waals surface area contributed by atoms with Crippen LogP contribution in [-0.4, -0.2) is 12.1 Å². The van der Waals surface area contributed by atoms with Gasteiger partial charge in [-0.15, -0.1) is 0 Å². The van der Waals surface area contributed by atoms with Gasteiger partial charge in [0.25, 0.3) is 0 Å². The average Bonchev–Trinajstić information content (AvgIpc) is 2.53. The zero-order valence-corrected chi connectivity index (χ0v) is 12.5. The van der Waals surface area contributed by atoms with Gasteiger partial charge in [-0.25, -0.2) is 0 Å². The van der Waals surface area contributed by atoms with E-state index in [0.29, 0.717) is 6.08 Å². The van der Waals surface area contributed by atoms with Gasteiger partial charge in [-0.2, -0.15) is 13.2 Å². The van der Waals surface area contributed by atoms with E-state index < -0.39 is 17.7 Å². The molecule has 0 aliphatic rings. The molecule has 1 N–H and O–H groups in total. The van der Waals surface area contributed by atoms with Crippen LogP contribution in [-0.2, 0) is 4.79 Å². The molecular formula is C18H16F3NO. The molecule has 0 fully saturated rings. The van der Waals surface area contributed by atoms with E-state index in [1.165, 1.54) is 24.3 Å². The quantitative estimate of drug-likeness (QED) is 0.825. The molecule has 2 aromatic carbocycles. The monoisotopic (exact) mass is 319 g/mol. The summed E-state index contributed by atoms with van der Waals surface area (Å²) in [5.74, 6) is -0.780. The Morgan fingerprint density at radius 2 is 1.52 bits per heavy atom. The lowest BCUT2D eigenvalue weighted by atomic mass is 10.0. The van der Waals surface area contributed by atoms with Crippen molar-refractivity contribution >= 4 is 11.5 Å². The van der Waals surface area contributed by atoms with Crippen LogP contribution >= 0.6 is 0 Å². The lowest BCUT2D eigenvalue weighted by molar-refractivity contribution is -0.117. The molecule has 0 aromatic heterocycles. The van der Waals surface area contributed by atoms with Crippen molar-refractivity contribution in [2.45, 2.75) is 19.1 Å². The normalized spacial score (nSPS) is 13.5. The Kier molecular flexibility index (Phi) is 5.21. The first-order chi connectivity index (χ1) is 10.9. The van der Waals surface area contributed by atoms with Gasteiger partial charge in [-0.1, -0.05) is 60.7 Å². The number of allylic oxidation sites excluding steroid dienone is 1. The third-order valence-electron chi connectivity index (χ3n) is 3.32. The minimum atomic E-state index is -4.60. The Morgan fingerprint density at radius 3 is 2.04 bits per heavy atom. The van der Waals surface area contributed by atoms with Crippen LogP contribution in [0.3, 0.4) is 0 Å². The summed E-state index contributed by atoms with van der Waals surface area (Å²) in [7, 11) is 0. The molecule has 0 bridgehead atoms. The second-order valence-corrected chi connectivity index (χ2v) is 5.06. The second-order valence-electron chi connectivity index (χ2n) is 5.06. The van der Waals surface area contributed by atoms with E-state index in [9.17, 15) is 18.0 Å². The Hall–Kier alpha value is -2.56. The number of carbonyl (C=O) groups is 1. The maximum absolute atomic E-state index is 13.2. The summed E-state index contributed by atoms with van der Waals surface area (Å²) in [5, 5.41) is 2.55. The highest BCUT2D eigenvalue weighted by atomic mass is 19.4. The zero-order valence-electron chi connectivity index (χ0n) is 12.5. The Balaban J connectivity index is 2.21. The van der Waals surface area contributed by atoms with Gasteiger partial charge in [-0.3, -0.25) is 4.79 Å². The predicted molar refractivity (Wildman–Crippen MR) is 83.5 cm³/mol. The maximum Gasteiger partial charge on any atom is 0.417 e. The molecule has 0 heterocycles. The minimum absolute atomic E-state index is 0.0393. The number of hydrogen-bond acceptors (Lipinski definition) is 1. The number of benzene rings is 2.